The normalized spacial score (nSPS) is 11.5. The van der Waals surface area contributed by atoms with E-state index in [0.717, 1.165) is 5.56 Å². The van der Waals surface area contributed by atoms with Gasteiger partial charge in [0.15, 0.2) is 6.10 Å². The summed E-state index contributed by atoms with van der Waals surface area (Å²) in [5, 5.41) is 0.557. The van der Waals surface area contributed by atoms with E-state index in [1.54, 1.807) is 25.1 Å². The van der Waals surface area contributed by atoms with E-state index in [9.17, 15) is 9.59 Å². The monoisotopic (exact) mass is 424 g/mol. The molecule has 25 heavy (non-hydrogen) atoms. The van der Waals surface area contributed by atoms with Gasteiger partial charge in [0.25, 0.3) is 5.91 Å². The Morgan fingerprint density at radius 2 is 1.88 bits per heavy atom. The zero-order valence-electron chi connectivity index (χ0n) is 13.6. The standard InChI is InChI=1S/C18H18BrClN2O3/c1-12(25-16-9-8-14(20)11-15(16)19)18(24)22-21-17(23)10-7-13-5-3-2-4-6-13/h2-6,8-9,11-12H,7,10H2,1H3,(H,21,23)(H,22,24). The minimum absolute atomic E-state index is 0.267. The Hall–Kier alpha value is -2.05. The highest BCUT2D eigenvalue weighted by Gasteiger charge is 2.16. The summed E-state index contributed by atoms with van der Waals surface area (Å²) < 4.78 is 6.20. The van der Waals surface area contributed by atoms with Crippen LogP contribution in [0.3, 0.4) is 0 Å². The second-order valence-corrected chi connectivity index (χ2v) is 6.65. The Morgan fingerprint density at radius 3 is 2.56 bits per heavy atom. The molecule has 0 radical (unpaired) electrons. The van der Waals surface area contributed by atoms with Crippen molar-refractivity contribution in [1.29, 1.82) is 0 Å². The molecule has 0 spiro atoms. The topological polar surface area (TPSA) is 67.4 Å². The number of carbonyl (C=O) groups excluding carboxylic acids is 2. The lowest BCUT2D eigenvalue weighted by molar-refractivity contribution is -0.132. The van der Waals surface area contributed by atoms with Crippen molar-refractivity contribution in [2.75, 3.05) is 0 Å². The first-order chi connectivity index (χ1) is 12.0. The van der Waals surface area contributed by atoms with Crippen molar-refractivity contribution < 1.29 is 14.3 Å². The van der Waals surface area contributed by atoms with Crippen LogP contribution in [0.2, 0.25) is 5.02 Å². The first-order valence-corrected chi connectivity index (χ1v) is 8.87. The predicted octanol–water partition coefficient (Wildman–Crippen LogP) is 3.65. The van der Waals surface area contributed by atoms with Crippen LogP contribution in [0.5, 0.6) is 5.75 Å². The van der Waals surface area contributed by atoms with Crippen LogP contribution in [0.4, 0.5) is 0 Å². The third-order valence-corrected chi connectivity index (χ3v) is 4.23. The van der Waals surface area contributed by atoms with E-state index < -0.39 is 12.0 Å². The Labute approximate surface area is 159 Å². The largest absolute Gasteiger partial charge is 0.480 e. The van der Waals surface area contributed by atoms with Gasteiger partial charge in [-0.3, -0.25) is 20.4 Å². The van der Waals surface area contributed by atoms with E-state index in [-0.39, 0.29) is 12.3 Å². The average molecular weight is 426 g/mol. The minimum atomic E-state index is -0.785. The summed E-state index contributed by atoms with van der Waals surface area (Å²) in [4.78, 5) is 23.8. The summed E-state index contributed by atoms with van der Waals surface area (Å²) in [7, 11) is 0. The summed E-state index contributed by atoms with van der Waals surface area (Å²) in [6.45, 7) is 1.59. The van der Waals surface area contributed by atoms with Gasteiger partial charge in [0, 0.05) is 11.4 Å². The number of benzene rings is 2. The molecule has 1 atom stereocenters. The number of hydrogen-bond donors (Lipinski definition) is 2. The molecule has 5 nitrogen and oxygen atoms in total. The number of rotatable bonds is 6. The summed E-state index contributed by atoms with van der Waals surface area (Å²) >= 11 is 9.18. The lowest BCUT2D eigenvalue weighted by Crippen LogP contribution is -2.47. The quantitative estimate of drug-likeness (QED) is 0.694. The van der Waals surface area contributed by atoms with E-state index in [1.807, 2.05) is 30.3 Å². The van der Waals surface area contributed by atoms with Crippen molar-refractivity contribution in [2.24, 2.45) is 0 Å². The molecule has 0 saturated carbocycles. The number of ether oxygens (including phenoxy) is 1. The molecule has 2 aromatic rings. The summed E-state index contributed by atoms with van der Waals surface area (Å²) in [6, 6.07) is 14.7. The second kappa shape index (κ2) is 9.44. The van der Waals surface area contributed by atoms with Gasteiger partial charge >= 0.3 is 0 Å². The van der Waals surface area contributed by atoms with Gasteiger partial charge in [-0.2, -0.15) is 0 Å². The predicted molar refractivity (Wildman–Crippen MR) is 100 cm³/mol. The third kappa shape index (κ3) is 6.40. The third-order valence-electron chi connectivity index (χ3n) is 3.38. The summed E-state index contributed by atoms with van der Waals surface area (Å²) in [5.41, 5.74) is 5.82. The number of aryl methyl sites for hydroxylation is 1. The van der Waals surface area contributed by atoms with Crippen LogP contribution in [0.1, 0.15) is 18.9 Å². The molecular weight excluding hydrogens is 408 g/mol. The van der Waals surface area contributed by atoms with Gasteiger partial charge in [0.1, 0.15) is 5.75 Å². The molecule has 0 aromatic heterocycles. The molecule has 0 heterocycles. The van der Waals surface area contributed by atoms with Gasteiger partial charge in [-0.15, -0.1) is 0 Å². The molecule has 7 heteroatoms. The number of halogens is 2. The number of carbonyl (C=O) groups is 2. The maximum Gasteiger partial charge on any atom is 0.279 e. The van der Waals surface area contributed by atoms with Gasteiger partial charge in [0.05, 0.1) is 4.47 Å². The number of hydrazine groups is 1. The molecule has 2 amide bonds. The molecule has 0 saturated heterocycles. The average Bonchev–Trinajstić information content (AvgIpc) is 2.61. The van der Waals surface area contributed by atoms with Gasteiger partial charge in [-0.05, 0) is 53.0 Å². The van der Waals surface area contributed by atoms with Gasteiger partial charge in [-0.25, -0.2) is 0 Å². The van der Waals surface area contributed by atoms with Crippen LogP contribution >= 0.6 is 27.5 Å². The van der Waals surface area contributed by atoms with Crippen LogP contribution in [0.15, 0.2) is 53.0 Å². The van der Waals surface area contributed by atoms with Crippen LogP contribution < -0.4 is 15.6 Å². The maximum atomic E-state index is 12.0. The Bertz CT molecular complexity index is 740. The fourth-order valence-electron chi connectivity index (χ4n) is 2.01. The SMILES string of the molecule is CC(Oc1ccc(Cl)cc1Br)C(=O)NNC(=O)CCc1ccccc1. The van der Waals surface area contributed by atoms with Gasteiger partial charge in [-0.1, -0.05) is 41.9 Å². The Morgan fingerprint density at radius 1 is 1.16 bits per heavy atom. The van der Waals surface area contributed by atoms with E-state index in [1.165, 1.54) is 0 Å². The second-order valence-electron chi connectivity index (χ2n) is 5.36. The zero-order valence-corrected chi connectivity index (χ0v) is 15.9. The highest BCUT2D eigenvalue weighted by molar-refractivity contribution is 9.10. The Kier molecular flexibility index (Phi) is 7.28. The number of nitrogens with one attached hydrogen (secondary N) is 2. The van der Waals surface area contributed by atoms with Crippen molar-refractivity contribution in [3.63, 3.8) is 0 Å². The number of hydrogen-bond acceptors (Lipinski definition) is 3. The fourth-order valence-corrected chi connectivity index (χ4v) is 2.79. The molecule has 2 N–H and O–H groups in total. The minimum Gasteiger partial charge on any atom is -0.480 e. The van der Waals surface area contributed by atoms with Crippen molar-refractivity contribution >= 4 is 39.3 Å². The van der Waals surface area contributed by atoms with E-state index >= 15 is 0 Å². The lowest BCUT2D eigenvalue weighted by atomic mass is 10.1. The smallest absolute Gasteiger partial charge is 0.279 e. The van der Waals surface area contributed by atoms with Gasteiger partial charge < -0.3 is 4.74 Å². The van der Waals surface area contributed by atoms with E-state index in [0.29, 0.717) is 21.7 Å². The van der Waals surface area contributed by atoms with Crippen molar-refractivity contribution in [2.45, 2.75) is 25.9 Å². The lowest BCUT2D eigenvalue weighted by Gasteiger charge is -2.16. The molecule has 0 fully saturated rings. The highest BCUT2D eigenvalue weighted by atomic mass is 79.9. The van der Waals surface area contributed by atoms with Crippen LogP contribution in [-0.2, 0) is 16.0 Å². The summed E-state index contributed by atoms with van der Waals surface area (Å²) in [6.07, 6.45) is 0.0982. The van der Waals surface area contributed by atoms with E-state index in [2.05, 4.69) is 26.8 Å². The Balaban J connectivity index is 1.76. The molecule has 0 aliphatic heterocycles. The van der Waals surface area contributed by atoms with Crippen molar-refractivity contribution in [3.8, 4) is 5.75 Å². The molecule has 0 aliphatic carbocycles. The molecule has 2 rings (SSSR count). The summed E-state index contributed by atoms with van der Waals surface area (Å²) in [5.74, 6) is -0.227. The van der Waals surface area contributed by atoms with Gasteiger partial charge in [0.2, 0.25) is 5.91 Å². The first-order valence-electron chi connectivity index (χ1n) is 7.70. The molecular formula is C18H18BrClN2O3. The van der Waals surface area contributed by atoms with E-state index in [4.69, 9.17) is 16.3 Å². The van der Waals surface area contributed by atoms with Crippen molar-refractivity contribution in [3.05, 3.63) is 63.6 Å². The van der Waals surface area contributed by atoms with Crippen LogP contribution in [-0.4, -0.2) is 17.9 Å². The zero-order chi connectivity index (χ0) is 18.2. The van der Waals surface area contributed by atoms with Crippen LogP contribution in [0, 0.1) is 0 Å². The van der Waals surface area contributed by atoms with Crippen molar-refractivity contribution in [1.82, 2.24) is 10.9 Å². The van der Waals surface area contributed by atoms with Crippen LogP contribution in [0.25, 0.3) is 0 Å². The molecule has 0 bridgehead atoms. The maximum absolute atomic E-state index is 12.0. The fraction of sp³-hybridized carbons (Fsp3) is 0.222. The highest BCUT2D eigenvalue weighted by Crippen LogP contribution is 2.28. The molecule has 0 aliphatic rings. The molecule has 1 unspecified atom stereocenters. The molecule has 2 aromatic carbocycles. The molecule has 132 valence electrons. The number of amides is 2. The first kappa shape index (κ1) is 19.3.